The molecule has 0 aromatic heterocycles. The molecule has 0 saturated heterocycles. The molecule has 0 radical (unpaired) electrons. The summed E-state index contributed by atoms with van der Waals surface area (Å²) in [4.78, 5) is 12.8. The molecule has 0 aliphatic heterocycles. The number of carbonyl (C=O) groups excluding carboxylic acids is 1. The van der Waals surface area contributed by atoms with E-state index in [1.165, 1.54) is 11.1 Å². The highest BCUT2D eigenvalue weighted by Gasteiger charge is 2.25. The van der Waals surface area contributed by atoms with Crippen molar-refractivity contribution in [2.45, 2.75) is 17.2 Å². The van der Waals surface area contributed by atoms with E-state index in [0.29, 0.717) is 18.0 Å². The average molecular weight is 269 g/mol. The molecular weight excluding hydrogens is 254 g/mol. The predicted octanol–water partition coefficient (Wildman–Crippen LogP) is 3.05. The monoisotopic (exact) mass is 269 g/mol. The first-order valence-electron chi connectivity index (χ1n) is 6.39. The van der Waals surface area contributed by atoms with Crippen molar-refractivity contribution >= 4 is 18.5 Å². The number of nitrogens with one attached hydrogen (secondary N) is 1. The summed E-state index contributed by atoms with van der Waals surface area (Å²) < 4.78 is 0. The summed E-state index contributed by atoms with van der Waals surface area (Å²) in [5.74, 6) is 0.430. The van der Waals surface area contributed by atoms with E-state index in [1.807, 2.05) is 18.2 Å². The van der Waals surface area contributed by atoms with Gasteiger partial charge in [0.2, 0.25) is 0 Å². The van der Waals surface area contributed by atoms with Gasteiger partial charge in [0.05, 0.1) is 0 Å². The summed E-state index contributed by atoms with van der Waals surface area (Å²) in [6, 6.07) is 15.7. The highest BCUT2D eigenvalue weighted by atomic mass is 32.1. The first-order valence-corrected chi connectivity index (χ1v) is 6.84. The van der Waals surface area contributed by atoms with Gasteiger partial charge in [0, 0.05) is 22.9 Å². The molecule has 2 nitrogen and oxygen atoms in total. The zero-order valence-electron chi connectivity index (χ0n) is 10.5. The van der Waals surface area contributed by atoms with Crippen molar-refractivity contribution in [2.24, 2.45) is 0 Å². The highest BCUT2D eigenvalue weighted by Crippen LogP contribution is 2.34. The van der Waals surface area contributed by atoms with Crippen molar-refractivity contribution in [3.05, 3.63) is 65.2 Å². The molecule has 0 fully saturated rings. The molecule has 1 unspecified atom stereocenters. The molecule has 2 aromatic carbocycles. The van der Waals surface area contributed by atoms with Crippen LogP contribution in [-0.4, -0.2) is 12.5 Å². The van der Waals surface area contributed by atoms with Gasteiger partial charge in [0.15, 0.2) is 0 Å². The molecule has 0 spiro atoms. The Hall–Kier alpha value is -1.74. The standard InChI is InChI=1S/C16H15NOS/c18-16(12-5-3-6-14(19)9-12)17-10-13-8-11-4-1-2-7-15(11)13/h1-7,9,13,19H,8,10H2,(H,17,18). The lowest BCUT2D eigenvalue weighted by molar-refractivity contribution is 0.0950. The van der Waals surface area contributed by atoms with Crippen LogP contribution in [0.3, 0.4) is 0 Å². The van der Waals surface area contributed by atoms with E-state index in [-0.39, 0.29) is 5.91 Å². The minimum atomic E-state index is -0.0275. The number of benzene rings is 2. The van der Waals surface area contributed by atoms with E-state index in [0.717, 1.165) is 11.3 Å². The molecule has 96 valence electrons. The lowest BCUT2D eigenvalue weighted by atomic mass is 9.77. The Morgan fingerprint density at radius 2 is 2.05 bits per heavy atom. The minimum Gasteiger partial charge on any atom is -0.351 e. The van der Waals surface area contributed by atoms with Crippen molar-refractivity contribution in [3.8, 4) is 0 Å². The van der Waals surface area contributed by atoms with Gasteiger partial charge in [-0.15, -0.1) is 12.6 Å². The van der Waals surface area contributed by atoms with Crippen LogP contribution in [-0.2, 0) is 6.42 Å². The molecule has 1 atom stereocenters. The van der Waals surface area contributed by atoms with E-state index in [1.54, 1.807) is 6.07 Å². The first-order chi connectivity index (χ1) is 9.24. The van der Waals surface area contributed by atoms with Gasteiger partial charge in [-0.25, -0.2) is 0 Å². The van der Waals surface area contributed by atoms with Crippen LogP contribution in [0.15, 0.2) is 53.4 Å². The summed E-state index contributed by atoms with van der Waals surface area (Å²) >= 11 is 4.24. The molecule has 19 heavy (non-hydrogen) atoms. The number of hydrogen-bond donors (Lipinski definition) is 2. The topological polar surface area (TPSA) is 29.1 Å². The van der Waals surface area contributed by atoms with Crippen LogP contribution < -0.4 is 5.32 Å². The molecule has 0 heterocycles. The van der Waals surface area contributed by atoms with Gasteiger partial charge in [-0.2, -0.15) is 0 Å². The van der Waals surface area contributed by atoms with Gasteiger partial charge < -0.3 is 5.32 Å². The minimum absolute atomic E-state index is 0.0275. The van der Waals surface area contributed by atoms with Gasteiger partial charge in [0.25, 0.3) is 5.91 Å². The second-order valence-corrected chi connectivity index (χ2v) is 5.38. The second kappa shape index (κ2) is 5.10. The molecule has 0 saturated carbocycles. The van der Waals surface area contributed by atoms with Crippen molar-refractivity contribution in [2.75, 3.05) is 6.54 Å². The Bertz CT molecular complexity index is 624. The normalized spacial score (nSPS) is 16.4. The maximum atomic E-state index is 12.0. The fraction of sp³-hybridized carbons (Fsp3) is 0.188. The third kappa shape index (κ3) is 2.51. The van der Waals surface area contributed by atoms with Gasteiger partial charge in [-0.05, 0) is 35.7 Å². The summed E-state index contributed by atoms with van der Waals surface area (Å²) in [6.07, 6.45) is 1.06. The summed E-state index contributed by atoms with van der Waals surface area (Å²) in [5.41, 5.74) is 3.44. The van der Waals surface area contributed by atoms with Crippen molar-refractivity contribution < 1.29 is 4.79 Å². The molecule has 1 amide bonds. The van der Waals surface area contributed by atoms with Gasteiger partial charge in [0.1, 0.15) is 0 Å². The van der Waals surface area contributed by atoms with E-state index in [9.17, 15) is 4.79 Å². The van der Waals surface area contributed by atoms with E-state index < -0.39 is 0 Å². The smallest absolute Gasteiger partial charge is 0.251 e. The summed E-state index contributed by atoms with van der Waals surface area (Å²) in [5, 5.41) is 3.00. The Morgan fingerprint density at radius 1 is 1.21 bits per heavy atom. The van der Waals surface area contributed by atoms with Crippen molar-refractivity contribution in [1.82, 2.24) is 5.32 Å². The highest BCUT2D eigenvalue weighted by molar-refractivity contribution is 7.80. The van der Waals surface area contributed by atoms with E-state index in [2.05, 4.69) is 42.2 Å². The fourth-order valence-corrected chi connectivity index (χ4v) is 2.74. The quantitative estimate of drug-likeness (QED) is 0.824. The number of fused-ring (bicyclic) bond motifs is 1. The van der Waals surface area contributed by atoms with Gasteiger partial charge >= 0.3 is 0 Å². The van der Waals surface area contributed by atoms with Crippen molar-refractivity contribution in [3.63, 3.8) is 0 Å². The van der Waals surface area contributed by atoms with Crippen LogP contribution in [0.2, 0.25) is 0 Å². The lowest BCUT2D eigenvalue weighted by Gasteiger charge is -2.30. The Kier molecular flexibility index (Phi) is 3.30. The van der Waals surface area contributed by atoms with Crippen LogP contribution >= 0.6 is 12.6 Å². The van der Waals surface area contributed by atoms with Gasteiger partial charge in [-0.3, -0.25) is 4.79 Å². The number of amides is 1. The van der Waals surface area contributed by atoms with Crippen LogP contribution in [0, 0.1) is 0 Å². The van der Waals surface area contributed by atoms with Gasteiger partial charge in [-0.1, -0.05) is 30.3 Å². The molecule has 1 N–H and O–H groups in total. The van der Waals surface area contributed by atoms with Crippen molar-refractivity contribution in [1.29, 1.82) is 0 Å². The summed E-state index contributed by atoms with van der Waals surface area (Å²) in [6.45, 7) is 0.701. The summed E-state index contributed by atoms with van der Waals surface area (Å²) in [7, 11) is 0. The number of rotatable bonds is 3. The van der Waals surface area contributed by atoms with Crippen LogP contribution in [0.4, 0.5) is 0 Å². The third-order valence-corrected chi connectivity index (χ3v) is 3.86. The first kappa shape index (κ1) is 12.3. The molecule has 1 aliphatic carbocycles. The maximum Gasteiger partial charge on any atom is 0.251 e. The SMILES string of the molecule is O=C(NCC1Cc2ccccc21)c1cccc(S)c1. The van der Waals surface area contributed by atoms with Crippen LogP contribution in [0.25, 0.3) is 0 Å². The predicted molar refractivity (Wildman–Crippen MR) is 78.9 cm³/mol. The molecule has 3 rings (SSSR count). The zero-order chi connectivity index (χ0) is 13.2. The zero-order valence-corrected chi connectivity index (χ0v) is 11.4. The molecule has 1 aliphatic rings. The molecule has 2 aromatic rings. The largest absolute Gasteiger partial charge is 0.351 e. The van der Waals surface area contributed by atoms with E-state index >= 15 is 0 Å². The van der Waals surface area contributed by atoms with Crippen LogP contribution in [0.5, 0.6) is 0 Å². The number of thiol groups is 1. The van der Waals surface area contributed by atoms with Crippen LogP contribution in [0.1, 0.15) is 27.4 Å². The Labute approximate surface area is 118 Å². The lowest BCUT2D eigenvalue weighted by Crippen LogP contribution is -2.33. The number of hydrogen-bond acceptors (Lipinski definition) is 2. The number of carbonyl (C=O) groups is 1. The Morgan fingerprint density at radius 3 is 2.84 bits per heavy atom. The van der Waals surface area contributed by atoms with E-state index in [4.69, 9.17) is 0 Å². The molecule has 0 bridgehead atoms. The fourth-order valence-electron chi connectivity index (χ4n) is 2.51. The Balaban J connectivity index is 1.61. The maximum absolute atomic E-state index is 12.0. The second-order valence-electron chi connectivity index (χ2n) is 4.86. The molecular formula is C16H15NOS. The third-order valence-electron chi connectivity index (χ3n) is 3.58. The molecule has 3 heteroatoms. The average Bonchev–Trinajstić information content (AvgIpc) is 2.39.